The molecule has 4 rings (SSSR count). The monoisotopic (exact) mass is 545 g/mol. The fraction of sp³-hybridized carbons (Fsp3) is 0.129. The normalized spacial score (nSPS) is 11.0. The maximum atomic E-state index is 13.1. The van der Waals surface area contributed by atoms with Gasteiger partial charge in [0.15, 0.2) is 0 Å². The molecule has 0 saturated heterocycles. The van der Waals surface area contributed by atoms with Crippen molar-refractivity contribution in [1.82, 2.24) is 10.6 Å². The Hall–Kier alpha value is -4.92. The maximum absolute atomic E-state index is 13.1. The number of hydrogen-bond donors (Lipinski definition) is 3. The van der Waals surface area contributed by atoms with E-state index in [1.54, 1.807) is 42.5 Å². The molecular formula is C31H26F3N3O3. The minimum Gasteiger partial charge on any atom is -0.352 e. The minimum atomic E-state index is -4.46. The van der Waals surface area contributed by atoms with Crippen molar-refractivity contribution in [2.75, 3.05) is 11.9 Å². The Labute approximate surface area is 229 Å². The van der Waals surface area contributed by atoms with Crippen LogP contribution in [0.4, 0.5) is 18.9 Å². The molecule has 4 aromatic rings. The second-order valence-electron chi connectivity index (χ2n) is 8.92. The molecule has 0 spiro atoms. The summed E-state index contributed by atoms with van der Waals surface area (Å²) in [6.07, 6.45) is -4.35. The molecule has 3 amide bonds. The molecule has 0 bridgehead atoms. The second kappa shape index (κ2) is 12.8. The van der Waals surface area contributed by atoms with Crippen LogP contribution < -0.4 is 16.0 Å². The fourth-order valence-electron chi connectivity index (χ4n) is 3.98. The van der Waals surface area contributed by atoms with Crippen molar-refractivity contribution in [2.24, 2.45) is 0 Å². The molecule has 0 aliphatic heterocycles. The largest absolute Gasteiger partial charge is 0.416 e. The first-order chi connectivity index (χ1) is 19.2. The Kier molecular flexibility index (Phi) is 8.96. The first-order valence-corrected chi connectivity index (χ1v) is 12.5. The number of halogens is 3. The molecule has 0 saturated carbocycles. The maximum Gasteiger partial charge on any atom is 0.416 e. The highest BCUT2D eigenvalue weighted by atomic mass is 19.4. The van der Waals surface area contributed by atoms with Crippen molar-refractivity contribution in [3.63, 3.8) is 0 Å². The van der Waals surface area contributed by atoms with E-state index in [4.69, 9.17) is 0 Å². The van der Waals surface area contributed by atoms with Gasteiger partial charge in [-0.3, -0.25) is 14.4 Å². The van der Waals surface area contributed by atoms with Gasteiger partial charge in [0.2, 0.25) is 5.91 Å². The average molecular weight is 546 g/mol. The van der Waals surface area contributed by atoms with E-state index in [1.165, 1.54) is 18.2 Å². The lowest BCUT2D eigenvalue weighted by atomic mass is 9.98. The van der Waals surface area contributed by atoms with Crippen LogP contribution in [-0.4, -0.2) is 24.3 Å². The molecule has 0 aromatic heterocycles. The Morgan fingerprint density at radius 2 is 1.40 bits per heavy atom. The van der Waals surface area contributed by atoms with Gasteiger partial charge in [0.1, 0.15) is 0 Å². The van der Waals surface area contributed by atoms with Gasteiger partial charge >= 0.3 is 6.18 Å². The first-order valence-electron chi connectivity index (χ1n) is 12.5. The van der Waals surface area contributed by atoms with E-state index in [0.29, 0.717) is 28.9 Å². The lowest BCUT2D eigenvalue weighted by Gasteiger charge is -2.13. The summed E-state index contributed by atoms with van der Waals surface area (Å²) >= 11 is 0. The molecule has 0 fully saturated rings. The smallest absolute Gasteiger partial charge is 0.352 e. The van der Waals surface area contributed by atoms with Gasteiger partial charge in [-0.15, -0.1) is 0 Å². The highest BCUT2D eigenvalue weighted by Gasteiger charge is 2.30. The number of amides is 3. The van der Waals surface area contributed by atoms with Gasteiger partial charge in [-0.25, -0.2) is 0 Å². The quantitative estimate of drug-likeness (QED) is 0.239. The predicted octanol–water partition coefficient (Wildman–Crippen LogP) is 6.06. The number of benzene rings is 4. The number of carbonyl (C=O) groups is 3. The molecule has 0 aliphatic rings. The predicted molar refractivity (Wildman–Crippen MR) is 147 cm³/mol. The minimum absolute atomic E-state index is 0.107. The molecule has 0 unspecified atom stereocenters. The third-order valence-electron chi connectivity index (χ3n) is 6.05. The lowest BCUT2D eigenvalue weighted by Crippen LogP contribution is -2.30. The van der Waals surface area contributed by atoms with Crippen molar-refractivity contribution >= 4 is 23.4 Å². The number of hydrogen-bond acceptors (Lipinski definition) is 3. The van der Waals surface area contributed by atoms with Crippen molar-refractivity contribution in [1.29, 1.82) is 0 Å². The number of alkyl halides is 3. The number of anilines is 1. The molecule has 9 heteroatoms. The first kappa shape index (κ1) is 28.1. The molecule has 40 heavy (non-hydrogen) atoms. The Morgan fingerprint density at radius 3 is 2.12 bits per heavy atom. The van der Waals surface area contributed by atoms with Crippen LogP contribution in [0.25, 0.3) is 11.1 Å². The standard InChI is InChI=1S/C31H26F3N3O3/c32-31(33,34)24-15-13-22(14-16-24)26-11-4-5-12-27(26)30(40)37-25-10-6-9-23(19-25)29(39)35-18-17-28(38)36-20-21-7-2-1-3-8-21/h1-16,19H,17-18,20H2,(H,35,39)(H,36,38)(H,37,40). The Bertz CT molecular complexity index is 1490. The van der Waals surface area contributed by atoms with Gasteiger partial charge in [0.05, 0.1) is 5.56 Å². The van der Waals surface area contributed by atoms with Gasteiger partial charge in [-0.2, -0.15) is 13.2 Å². The van der Waals surface area contributed by atoms with Gasteiger partial charge in [-0.05, 0) is 53.1 Å². The topological polar surface area (TPSA) is 87.3 Å². The number of nitrogens with one attached hydrogen (secondary N) is 3. The zero-order valence-corrected chi connectivity index (χ0v) is 21.3. The van der Waals surface area contributed by atoms with Gasteiger partial charge < -0.3 is 16.0 Å². The third-order valence-corrected chi connectivity index (χ3v) is 6.05. The molecular weight excluding hydrogens is 519 g/mol. The van der Waals surface area contributed by atoms with E-state index < -0.39 is 23.6 Å². The summed E-state index contributed by atoms with van der Waals surface area (Å²) < 4.78 is 38.8. The lowest BCUT2D eigenvalue weighted by molar-refractivity contribution is -0.137. The number of rotatable bonds is 9. The van der Waals surface area contributed by atoms with E-state index in [-0.39, 0.29) is 24.4 Å². The highest BCUT2D eigenvalue weighted by Crippen LogP contribution is 2.32. The molecule has 0 heterocycles. The van der Waals surface area contributed by atoms with Crippen LogP contribution in [0.2, 0.25) is 0 Å². The zero-order valence-electron chi connectivity index (χ0n) is 21.3. The molecule has 3 N–H and O–H groups in total. The van der Waals surface area contributed by atoms with E-state index in [9.17, 15) is 27.6 Å². The summed E-state index contributed by atoms with van der Waals surface area (Å²) in [5, 5.41) is 8.23. The van der Waals surface area contributed by atoms with Crippen LogP contribution in [0.1, 0.15) is 38.3 Å². The van der Waals surface area contributed by atoms with Crippen LogP contribution in [0.15, 0.2) is 103 Å². The SMILES string of the molecule is O=C(CCNC(=O)c1cccc(NC(=O)c2ccccc2-c2ccc(C(F)(F)F)cc2)c1)NCc1ccccc1. The van der Waals surface area contributed by atoms with Crippen LogP contribution in [0.3, 0.4) is 0 Å². The Morgan fingerprint density at radius 1 is 0.700 bits per heavy atom. The van der Waals surface area contributed by atoms with Crippen LogP contribution in [-0.2, 0) is 17.5 Å². The number of carbonyl (C=O) groups excluding carboxylic acids is 3. The van der Waals surface area contributed by atoms with Crippen LogP contribution in [0.5, 0.6) is 0 Å². The zero-order chi connectivity index (χ0) is 28.5. The van der Waals surface area contributed by atoms with Crippen molar-refractivity contribution in [3.8, 4) is 11.1 Å². The van der Waals surface area contributed by atoms with Gasteiger partial charge in [0, 0.05) is 36.3 Å². The van der Waals surface area contributed by atoms with Gasteiger partial charge in [-0.1, -0.05) is 66.7 Å². The second-order valence-corrected chi connectivity index (χ2v) is 8.92. The molecule has 0 atom stereocenters. The molecule has 0 radical (unpaired) electrons. The summed E-state index contributed by atoms with van der Waals surface area (Å²) in [6, 6.07) is 26.9. The van der Waals surface area contributed by atoms with E-state index >= 15 is 0 Å². The van der Waals surface area contributed by atoms with Crippen LogP contribution in [0, 0.1) is 0 Å². The van der Waals surface area contributed by atoms with Crippen molar-refractivity contribution in [2.45, 2.75) is 19.1 Å². The Balaban J connectivity index is 1.35. The van der Waals surface area contributed by atoms with E-state index in [0.717, 1.165) is 17.7 Å². The highest BCUT2D eigenvalue weighted by molar-refractivity contribution is 6.09. The summed E-state index contributed by atoms with van der Waals surface area (Å²) in [5.74, 6) is -1.09. The summed E-state index contributed by atoms with van der Waals surface area (Å²) in [7, 11) is 0. The fourth-order valence-corrected chi connectivity index (χ4v) is 3.98. The molecule has 4 aromatic carbocycles. The molecule has 204 valence electrons. The van der Waals surface area contributed by atoms with Crippen molar-refractivity contribution < 1.29 is 27.6 Å². The van der Waals surface area contributed by atoms with E-state index in [2.05, 4.69) is 16.0 Å². The van der Waals surface area contributed by atoms with Gasteiger partial charge in [0.25, 0.3) is 11.8 Å². The summed E-state index contributed by atoms with van der Waals surface area (Å²) in [4.78, 5) is 37.8. The van der Waals surface area contributed by atoms with Crippen molar-refractivity contribution in [3.05, 3.63) is 125 Å². The average Bonchev–Trinajstić information content (AvgIpc) is 2.96. The van der Waals surface area contributed by atoms with E-state index in [1.807, 2.05) is 30.3 Å². The molecule has 6 nitrogen and oxygen atoms in total. The van der Waals surface area contributed by atoms with Crippen LogP contribution >= 0.6 is 0 Å². The third kappa shape index (κ3) is 7.57. The summed E-state index contributed by atoms with van der Waals surface area (Å²) in [5.41, 5.74) is 2.03. The molecule has 0 aliphatic carbocycles. The summed E-state index contributed by atoms with van der Waals surface area (Å²) in [6.45, 7) is 0.536.